The van der Waals surface area contributed by atoms with Gasteiger partial charge < -0.3 is 24.4 Å². The first-order valence-electron chi connectivity index (χ1n) is 8.62. The summed E-state index contributed by atoms with van der Waals surface area (Å²) in [6, 6.07) is 7.86. The van der Waals surface area contributed by atoms with Gasteiger partial charge in [-0.25, -0.2) is 0 Å². The molecule has 0 saturated carbocycles. The summed E-state index contributed by atoms with van der Waals surface area (Å²) >= 11 is 0. The number of rotatable bonds is 5. The summed E-state index contributed by atoms with van der Waals surface area (Å²) in [5.74, 6) is 0.855. The van der Waals surface area contributed by atoms with Gasteiger partial charge in [-0.1, -0.05) is 18.2 Å². The largest absolute Gasteiger partial charge is 0.496 e. The van der Waals surface area contributed by atoms with E-state index in [0.29, 0.717) is 6.54 Å². The van der Waals surface area contributed by atoms with Crippen molar-refractivity contribution in [1.82, 2.24) is 10.2 Å². The van der Waals surface area contributed by atoms with Crippen LogP contribution in [0.25, 0.3) is 0 Å². The van der Waals surface area contributed by atoms with Gasteiger partial charge in [0.1, 0.15) is 12.4 Å². The van der Waals surface area contributed by atoms with E-state index < -0.39 is 0 Å². The molecule has 1 amide bonds. The normalized spacial score (nSPS) is 21.5. The molecule has 1 aromatic rings. The van der Waals surface area contributed by atoms with Crippen LogP contribution in [-0.2, 0) is 14.3 Å². The quantitative estimate of drug-likeness (QED) is 0.856. The Labute approximate surface area is 155 Å². The fourth-order valence-electron chi connectivity index (χ4n) is 3.34. The van der Waals surface area contributed by atoms with Crippen LogP contribution < -0.4 is 10.1 Å². The average molecular weight is 371 g/mol. The van der Waals surface area contributed by atoms with Gasteiger partial charge >= 0.3 is 0 Å². The third-order valence-corrected chi connectivity index (χ3v) is 4.67. The Bertz CT molecular complexity index is 552. The minimum Gasteiger partial charge on any atom is -0.496 e. The summed E-state index contributed by atoms with van der Waals surface area (Å²) in [7, 11) is 1.66. The van der Waals surface area contributed by atoms with Crippen molar-refractivity contribution < 1.29 is 19.0 Å². The molecule has 0 aromatic heterocycles. The molecule has 2 aliphatic rings. The monoisotopic (exact) mass is 370 g/mol. The third-order valence-electron chi connectivity index (χ3n) is 4.67. The number of halogens is 1. The SMILES string of the molecule is COc1ccccc1C1CNCCN1C(=O)COC1CCOCC1.Cl. The number of piperazine rings is 1. The molecule has 140 valence electrons. The predicted octanol–water partition coefficient (Wildman–Crippen LogP) is 1.79. The molecule has 2 saturated heterocycles. The Morgan fingerprint density at radius 2 is 2.08 bits per heavy atom. The highest BCUT2D eigenvalue weighted by atomic mass is 35.5. The number of para-hydroxylation sites is 1. The Morgan fingerprint density at radius 3 is 2.84 bits per heavy atom. The van der Waals surface area contributed by atoms with E-state index in [1.165, 1.54) is 0 Å². The number of hydrogen-bond donors (Lipinski definition) is 1. The summed E-state index contributed by atoms with van der Waals surface area (Å²) in [5.41, 5.74) is 1.03. The van der Waals surface area contributed by atoms with E-state index in [1.807, 2.05) is 29.2 Å². The van der Waals surface area contributed by atoms with Crippen molar-refractivity contribution in [1.29, 1.82) is 0 Å². The van der Waals surface area contributed by atoms with E-state index in [-0.39, 0.29) is 37.1 Å². The van der Waals surface area contributed by atoms with Gasteiger partial charge in [-0.3, -0.25) is 4.79 Å². The maximum Gasteiger partial charge on any atom is 0.249 e. The van der Waals surface area contributed by atoms with E-state index in [0.717, 1.165) is 50.5 Å². The van der Waals surface area contributed by atoms with Crippen LogP contribution in [0, 0.1) is 0 Å². The Hall–Kier alpha value is -1.34. The highest BCUT2D eigenvalue weighted by molar-refractivity contribution is 5.85. The van der Waals surface area contributed by atoms with Gasteiger partial charge in [-0.15, -0.1) is 12.4 Å². The minimum atomic E-state index is -0.0271. The van der Waals surface area contributed by atoms with E-state index >= 15 is 0 Å². The van der Waals surface area contributed by atoms with Gasteiger partial charge in [0, 0.05) is 38.4 Å². The molecule has 6 nitrogen and oxygen atoms in total. The van der Waals surface area contributed by atoms with Crippen LogP contribution in [0.2, 0.25) is 0 Å². The summed E-state index contributed by atoms with van der Waals surface area (Å²) in [4.78, 5) is 14.6. The summed E-state index contributed by atoms with van der Waals surface area (Å²) in [6.45, 7) is 3.78. The first-order valence-corrected chi connectivity index (χ1v) is 8.62. The molecule has 0 spiro atoms. The first kappa shape index (κ1) is 20.0. The zero-order valence-electron chi connectivity index (χ0n) is 14.6. The van der Waals surface area contributed by atoms with E-state index in [9.17, 15) is 4.79 Å². The number of benzene rings is 1. The number of hydrogen-bond acceptors (Lipinski definition) is 5. The van der Waals surface area contributed by atoms with Crippen molar-refractivity contribution in [2.45, 2.75) is 25.0 Å². The number of carbonyl (C=O) groups is 1. The van der Waals surface area contributed by atoms with Crippen LogP contribution in [0.3, 0.4) is 0 Å². The summed E-state index contributed by atoms with van der Waals surface area (Å²) in [6.07, 6.45) is 1.87. The molecule has 7 heteroatoms. The van der Waals surface area contributed by atoms with Crippen molar-refractivity contribution in [3.8, 4) is 5.75 Å². The topological polar surface area (TPSA) is 60.0 Å². The lowest BCUT2D eigenvalue weighted by Crippen LogP contribution is -2.50. The van der Waals surface area contributed by atoms with Crippen molar-refractivity contribution in [3.05, 3.63) is 29.8 Å². The second kappa shape index (κ2) is 9.97. The van der Waals surface area contributed by atoms with E-state index in [2.05, 4.69) is 5.32 Å². The maximum absolute atomic E-state index is 12.7. The fraction of sp³-hybridized carbons (Fsp3) is 0.611. The molecule has 1 unspecified atom stereocenters. The molecule has 0 bridgehead atoms. The average Bonchev–Trinajstić information content (AvgIpc) is 2.67. The number of nitrogens with zero attached hydrogens (tertiary/aromatic N) is 1. The Kier molecular flexibility index (Phi) is 7.96. The maximum atomic E-state index is 12.7. The molecule has 1 atom stereocenters. The lowest BCUT2D eigenvalue weighted by Gasteiger charge is -2.37. The van der Waals surface area contributed by atoms with Crippen molar-refractivity contribution in [3.63, 3.8) is 0 Å². The van der Waals surface area contributed by atoms with Crippen LogP contribution in [-0.4, -0.2) is 63.5 Å². The molecule has 0 radical (unpaired) electrons. The van der Waals surface area contributed by atoms with Crippen LogP contribution in [0.1, 0.15) is 24.4 Å². The Balaban J connectivity index is 0.00000225. The summed E-state index contributed by atoms with van der Waals surface area (Å²) in [5, 5.41) is 3.37. The fourth-order valence-corrected chi connectivity index (χ4v) is 3.34. The molecule has 2 heterocycles. The van der Waals surface area contributed by atoms with E-state index in [1.54, 1.807) is 7.11 Å². The zero-order chi connectivity index (χ0) is 16.8. The first-order chi connectivity index (χ1) is 11.8. The molecule has 0 aliphatic carbocycles. The van der Waals surface area contributed by atoms with Gasteiger partial charge in [0.2, 0.25) is 5.91 Å². The number of ether oxygens (including phenoxy) is 3. The minimum absolute atomic E-state index is 0. The highest BCUT2D eigenvalue weighted by Gasteiger charge is 2.30. The van der Waals surface area contributed by atoms with Crippen LogP contribution in [0.5, 0.6) is 5.75 Å². The third kappa shape index (κ3) is 5.07. The van der Waals surface area contributed by atoms with Gasteiger partial charge in [-0.05, 0) is 18.9 Å². The van der Waals surface area contributed by atoms with Gasteiger partial charge in [0.05, 0.1) is 19.3 Å². The highest BCUT2D eigenvalue weighted by Crippen LogP contribution is 2.30. The van der Waals surface area contributed by atoms with Crippen LogP contribution in [0.4, 0.5) is 0 Å². The van der Waals surface area contributed by atoms with Gasteiger partial charge in [0.15, 0.2) is 0 Å². The van der Waals surface area contributed by atoms with Crippen molar-refractivity contribution in [2.75, 3.05) is 46.6 Å². The van der Waals surface area contributed by atoms with Crippen LogP contribution >= 0.6 is 12.4 Å². The molecule has 1 aromatic carbocycles. The molecule has 25 heavy (non-hydrogen) atoms. The predicted molar refractivity (Wildman–Crippen MR) is 97.4 cm³/mol. The van der Waals surface area contributed by atoms with Crippen molar-refractivity contribution >= 4 is 18.3 Å². The lowest BCUT2D eigenvalue weighted by molar-refractivity contribution is -0.143. The molecule has 2 aliphatic heterocycles. The molecule has 3 rings (SSSR count). The number of nitrogens with one attached hydrogen (secondary N) is 1. The second-order valence-corrected chi connectivity index (χ2v) is 6.17. The van der Waals surface area contributed by atoms with E-state index in [4.69, 9.17) is 14.2 Å². The Morgan fingerprint density at radius 1 is 1.32 bits per heavy atom. The molecule has 2 fully saturated rings. The van der Waals surface area contributed by atoms with Gasteiger partial charge in [0.25, 0.3) is 0 Å². The number of carbonyl (C=O) groups excluding carboxylic acids is 1. The second-order valence-electron chi connectivity index (χ2n) is 6.17. The standard InChI is InChI=1S/C18H26N2O4.ClH/c1-22-17-5-3-2-4-15(17)16-12-19-8-9-20(16)18(21)13-24-14-6-10-23-11-7-14;/h2-5,14,16,19H,6-13H2,1H3;1H. The molecular weight excluding hydrogens is 344 g/mol. The molecular formula is C18H27ClN2O4. The lowest BCUT2D eigenvalue weighted by atomic mass is 10.0. The summed E-state index contributed by atoms with van der Waals surface area (Å²) < 4.78 is 16.6. The smallest absolute Gasteiger partial charge is 0.249 e. The number of amides is 1. The number of methoxy groups -OCH3 is 1. The molecule has 1 N–H and O–H groups in total. The van der Waals surface area contributed by atoms with Gasteiger partial charge in [-0.2, -0.15) is 0 Å². The van der Waals surface area contributed by atoms with Crippen molar-refractivity contribution in [2.24, 2.45) is 0 Å². The zero-order valence-corrected chi connectivity index (χ0v) is 15.4. The van der Waals surface area contributed by atoms with Crippen LogP contribution in [0.15, 0.2) is 24.3 Å².